The van der Waals surface area contributed by atoms with Crippen molar-refractivity contribution in [2.45, 2.75) is 40.5 Å². The zero-order valence-electron chi connectivity index (χ0n) is 25.4. The number of carboxylic acid groups (broad SMARTS) is 2. The van der Waals surface area contributed by atoms with Crippen molar-refractivity contribution in [1.29, 1.82) is 0 Å². The summed E-state index contributed by atoms with van der Waals surface area (Å²) in [6, 6.07) is 10.0. The number of rotatable bonds is 10. The molecule has 0 fully saturated rings. The quantitative estimate of drug-likeness (QED) is 0.139. The van der Waals surface area contributed by atoms with Crippen molar-refractivity contribution in [3.05, 3.63) is 105 Å². The molecule has 0 saturated heterocycles. The second-order valence-electron chi connectivity index (χ2n) is 7.20. The van der Waals surface area contributed by atoms with Crippen molar-refractivity contribution in [2.24, 2.45) is 0 Å². The van der Waals surface area contributed by atoms with Gasteiger partial charge in [0.05, 0.1) is 20.3 Å². The summed E-state index contributed by atoms with van der Waals surface area (Å²) in [5.74, 6) is -2.95. The largest absolute Gasteiger partial charge is 0.478 e. The fraction of sp³-hybridized carbons (Fsp3) is 0.281. The number of carboxylic acids is 2. The molecule has 0 bridgehead atoms. The first-order valence-electron chi connectivity index (χ1n) is 12.4. The fourth-order valence-corrected chi connectivity index (χ4v) is 1.34. The van der Waals surface area contributed by atoms with Crippen LogP contribution in [0, 0.1) is 0 Å². The van der Waals surface area contributed by atoms with Crippen LogP contribution in [0.5, 0.6) is 0 Å². The fourth-order valence-electron chi connectivity index (χ4n) is 1.34. The van der Waals surface area contributed by atoms with Crippen molar-refractivity contribution in [3.63, 3.8) is 0 Å². The van der Waals surface area contributed by atoms with Gasteiger partial charge in [0.15, 0.2) is 0 Å². The number of hydrogen-bond acceptors (Lipinski definition) is 8. The van der Waals surface area contributed by atoms with Gasteiger partial charge in [-0.2, -0.15) is 0 Å². The Kier molecular flexibility index (Phi) is 40.2. The van der Waals surface area contributed by atoms with Gasteiger partial charge in [0, 0.05) is 29.4 Å². The minimum atomic E-state index is -0.981. The molecule has 0 atom stereocenters. The number of ether oxygens (including phenoxy) is 3. The van der Waals surface area contributed by atoms with Crippen LogP contribution in [-0.2, 0) is 38.2 Å². The van der Waals surface area contributed by atoms with E-state index in [0.29, 0.717) is 18.8 Å². The highest BCUT2D eigenvalue weighted by molar-refractivity contribution is 5.86. The first kappa shape index (κ1) is 46.8. The van der Waals surface area contributed by atoms with E-state index in [9.17, 15) is 24.0 Å². The summed E-state index contributed by atoms with van der Waals surface area (Å²) < 4.78 is 13.4. The lowest BCUT2D eigenvalue weighted by molar-refractivity contribution is -0.138. The maximum absolute atomic E-state index is 10.3. The lowest BCUT2D eigenvalue weighted by Gasteiger charge is -1.97. The van der Waals surface area contributed by atoms with Gasteiger partial charge in [-0.25, -0.2) is 24.0 Å². The third kappa shape index (κ3) is 48.1. The van der Waals surface area contributed by atoms with Crippen molar-refractivity contribution in [1.82, 2.24) is 0 Å². The van der Waals surface area contributed by atoms with Gasteiger partial charge in [0.2, 0.25) is 0 Å². The number of carbonyl (C=O) groups is 5. The van der Waals surface area contributed by atoms with Gasteiger partial charge in [0.25, 0.3) is 0 Å². The Hall–Kier alpha value is -4.99. The lowest BCUT2D eigenvalue weighted by Crippen LogP contribution is -2.00. The average Bonchev–Trinajstić information content (AvgIpc) is 2.98. The highest BCUT2D eigenvalue weighted by Crippen LogP contribution is 1.97. The van der Waals surface area contributed by atoms with Crippen LogP contribution in [0.2, 0.25) is 0 Å². The van der Waals surface area contributed by atoms with Crippen LogP contribution in [0.15, 0.2) is 99.2 Å². The normalized spacial score (nSPS) is 7.83. The van der Waals surface area contributed by atoms with Crippen molar-refractivity contribution < 1.29 is 48.4 Å². The van der Waals surface area contributed by atoms with E-state index in [0.717, 1.165) is 25.0 Å². The number of hydrogen-bond donors (Lipinski definition) is 2. The summed E-state index contributed by atoms with van der Waals surface area (Å²) in [5, 5.41) is 15.5. The molecule has 0 spiro atoms. The molecule has 0 aliphatic heterocycles. The number of unbranched alkanes of at least 4 members (excludes halogenated alkanes) is 1. The Morgan fingerprint density at radius 2 is 1.21 bits per heavy atom. The van der Waals surface area contributed by atoms with Gasteiger partial charge in [0.1, 0.15) is 0 Å². The van der Waals surface area contributed by atoms with Gasteiger partial charge in [-0.3, -0.25) is 0 Å². The lowest BCUT2D eigenvalue weighted by atomic mass is 10.2. The number of benzene rings is 1. The Balaban J connectivity index is -0.000000132. The molecular formula is C32H46O10. The third-order valence-corrected chi connectivity index (χ3v) is 3.47. The second-order valence-corrected chi connectivity index (χ2v) is 7.20. The number of methoxy groups -OCH3 is 1. The zero-order valence-corrected chi connectivity index (χ0v) is 25.4. The molecule has 0 heterocycles. The highest BCUT2D eigenvalue weighted by atomic mass is 16.5. The molecule has 10 heteroatoms. The summed E-state index contributed by atoms with van der Waals surface area (Å²) in [5.41, 5.74) is 1.78. The molecule has 1 aromatic carbocycles. The SMILES string of the molecule is C=C(C)C(=O)O.C=C(C)C(=O)OC.C=CC(=O)O.C=CC(=O)OCC.C=CC(=O)OCCCC.C=Cc1ccccc1. The molecule has 1 rings (SSSR count). The van der Waals surface area contributed by atoms with E-state index in [1.165, 1.54) is 25.7 Å². The molecule has 0 aromatic heterocycles. The van der Waals surface area contributed by atoms with Crippen LogP contribution in [0.3, 0.4) is 0 Å². The Morgan fingerprint density at radius 3 is 1.40 bits per heavy atom. The third-order valence-electron chi connectivity index (χ3n) is 3.47. The van der Waals surface area contributed by atoms with E-state index in [-0.39, 0.29) is 23.5 Å². The van der Waals surface area contributed by atoms with Crippen LogP contribution < -0.4 is 0 Å². The molecule has 10 nitrogen and oxygen atoms in total. The molecule has 0 aliphatic carbocycles. The molecule has 234 valence electrons. The predicted molar refractivity (Wildman–Crippen MR) is 167 cm³/mol. The predicted octanol–water partition coefficient (Wildman–Crippen LogP) is 6.22. The van der Waals surface area contributed by atoms with Crippen LogP contribution in [0.4, 0.5) is 0 Å². The van der Waals surface area contributed by atoms with Gasteiger partial charge in [-0.05, 0) is 32.8 Å². The van der Waals surface area contributed by atoms with Crippen LogP contribution in [0.1, 0.15) is 46.1 Å². The standard InChI is InChI=1S/C8H8.C7H12O2.2C5H8O2.C4H6O2.C3H4O2/c1-2-8-6-4-3-5-7-8;1-3-5-6-9-7(8)4-2;1-4(2)5(6)7-3;1-3-5(6)7-4-2;1-3(2)4(5)6;1-2-3(4)5/h2-7H,1H2;4H,2-3,5-6H2,1H3;1H2,2-3H3;3H,1,4H2,2H3;1H2,2H3,(H,5,6);2H,1H2,(H,4,5). The van der Waals surface area contributed by atoms with E-state index < -0.39 is 11.9 Å². The number of carbonyl (C=O) groups excluding carboxylic acids is 3. The molecule has 0 aliphatic rings. The van der Waals surface area contributed by atoms with E-state index in [1.807, 2.05) is 43.3 Å². The topological polar surface area (TPSA) is 154 Å². The van der Waals surface area contributed by atoms with Crippen molar-refractivity contribution in [3.8, 4) is 0 Å². The molecule has 2 N–H and O–H groups in total. The Morgan fingerprint density at radius 1 is 0.786 bits per heavy atom. The van der Waals surface area contributed by atoms with Gasteiger partial charge < -0.3 is 24.4 Å². The smallest absolute Gasteiger partial charge is 0.332 e. The first-order valence-corrected chi connectivity index (χ1v) is 12.4. The van der Waals surface area contributed by atoms with Crippen LogP contribution in [0.25, 0.3) is 6.08 Å². The summed E-state index contributed by atoms with van der Waals surface area (Å²) in [7, 11) is 1.33. The van der Waals surface area contributed by atoms with E-state index >= 15 is 0 Å². The molecular weight excluding hydrogens is 544 g/mol. The Labute approximate surface area is 250 Å². The van der Waals surface area contributed by atoms with Crippen LogP contribution >= 0.6 is 0 Å². The summed E-state index contributed by atoms with van der Waals surface area (Å²) in [6.07, 6.45) is 6.96. The average molecular weight is 591 g/mol. The molecule has 0 amide bonds. The van der Waals surface area contributed by atoms with Crippen molar-refractivity contribution in [2.75, 3.05) is 20.3 Å². The maximum Gasteiger partial charge on any atom is 0.332 e. The van der Waals surface area contributed by atoms with E-state index in [4.69, 9.17) is 10.2 Å². The first-order chi connectivity index (χ1) is 19.6. The van der Waals surface area contributed by atoms with Crippen LogP contribution in [-0.4, -0.2) is 60.4 Å². The number of esters is 3. The number of aliphatic carboxylic acids is 2. The zero-order chi connectivity index (χ0) is 33.9. The monoisotopic (exact) mass is 590 g/mol. The minimum Gasteiger partial charge on any atom is -0.478 e. The van der Waals surface area contributed by atoms with Crippen molar-refractivity contribution >= 4 is 35.9 Å². The Bertz CT molecular complexity index is 962. The summed E-state index contributed by atoms with van der Waals surface area (Å²) >= 11 is 0. The summed E-state index contributed by atoms with van der Waals surface area (Å²) in [6.45, 7) is 27.3. The highest BCUT2D eigenvalue weighted by Gasteiger charge is 1.95. The summed E-state index contributed by atoms with van der Waals surface area (Å²) in [4.78, 5) is 49.5. The molecule has 0 unspecified atom stereocenters. The molecule has 0 saturated carbocycles. The molecule has 0 radical (unpaired) electrons. The van der Waals surface area contributed by atoms with E-state index in [1.54, 1.807) is 13.8 Å². The van der Waals surface area contributed by atoms with Gasteiger partial charge >= 0.3 is 29.8 Å². The van der Waals surface area contributed by atoms with Gasteiger partial charge in [-0.1, -0.05) is 89.2 Å². The molecule has 42 heavy (non-hydrogen) atoms. The van der Waals surface area contributed by atoms with Gasteiger partial charge in [-0.15, -0.1) is 0 Å². The molecule has 1 aromatic rings. The minimum absolute atomic E-state index is 0.176. The second kappa shape index (κ2) is 36.0. The maximum atomic E-state index is 10.3. The van der Waals surface area contributed by atoms with E-state index in [2.05, 4.69) is 53.7 Å².